The Morgan fingerprint density at radius 3 is 2.52 bits per heavy atom. The Bertz CT molecular complexity index is 1140. The maximum absolute atomic E-state index is 14.7. The molecule has 0 aliphatic carbocycles. The number of aromatic nitrogens is 2. The van der Waals surface area contributed by atoms with Crippen LogP contribution in [0.5, 0.6) is 0 Å². The topological polar surface area (TPSA) is 106 Å². The molecule has 0 bridgehead atoms. The van der Waals surface area contributed by atoms with E-state index in [1.54, 1.807) is 19.9 Å². The van der Waals surface area contributed by atoms with Crippen LogP contribution in [0.4, 0.5) is 9.18 Å². The molecule has 0 saturated carbocycles. The molecule has 9 heteroatoms. The van der Waals surface area contributed by atoms with Crippen molar-refractivity contribution in [2.75, 3.05) is 26.2 Å². The van der Waals surface area contributed by atoms with Gasteiger partial charge in [-0.2, -0.15) is 5.10 Å². The quantitative estimate of drug-likeness (QED) is 0.708. The Morgan fingerprint density at radius 1 is 1.18 bits per heavy atom. The molecule has 2 heterocycles. The smallest absolute Gasteiger partial charge is 0.267 e. The van der Waals surface area contributed by atoms with Crippen LogP contribution < -0.4 is 10.7 Å². The molecule has 1 atom stereocenters. The molecule has 0 radical (unpaired) electrons. The molecule has 3 rings (SSSR count). The van der Waals surface area contributed by atoms with E-state index in [0.717, 1.165) is 5.56 Å². The number of nitrogens with one attached hydrogen (secondary N) is 1. The lowest BCUT2D eigenvalue weighted by Gasteiger charge is -2.47. The van der Waals surface area contributed by atoms with Gasteiger partial charge in [0.25, 0.3) is 17.6 Å². The zero-order valence-corrected chi connectivity index (χ0v) is 19.8. The minimum Gasteiger partial charge on any atom is -0.498 e. The van der Waals surface area contributed by atoms with Crippen molar-refractivity contribution in [2.45, 2.75) is 53.0 Å². The average Bonchev–Trinajstić information content (AvgIpc) is 2.99. The second-order valence-electron chi connectivity index (χ2n) is 9.74. The monoisotopic (exact) mass is 458 g/mol. The lowest BCUT2D eigenvalue weighted by Crippen LogP contribution is -2.68. The summed E-state index contributed by atoms with van der Waals surface area (Å²) in [7, 11) is 0. The van der Waals surface area contributed by atoms with Crippen molar-refractivity contribution in [1.29, 1.82) is 0 Å². The number of H-pyrrole nitrogens is 1. The standard InChI is InChI=1S/C24H31FN4O4/c1-15-16(2)21(30)27-26-20(15)14-17-7-8-19(25)18(13-17)22(31)28-9-6-11-29(12-10-28,23(32)33)24(3,4)5/h7-8,13H,6,9-12,14H2,1-5H3,(H-,27,30,32,33). The molecule has 2 amide bonds. The molecule has 1 aliphatic heterocycles. The van der Waals surface area contributed by atoms with Gasteiger partial charge in [-0.1, -0.05) is 6.07 Å². The normalized spacial score (nSPS) is 19.3. The summed E-state index contributed by atoms with van der Waals surface area (Å²) in [6.45, 7) is 10.1. The molecular weight excluding hydrogens is 427 g/mol. The van der Waals surface area contributed by atoms with Crippen molar-refractivity contribution in [3.05, 3.63) is 62.3 Å². The zero-order valence-electron chi connectivity index (χ0n) is 19.8. The van der Waals surface area contributed by atoms with E-state index in [2.05, 4.69) is 10.2 Å². The third-order valence-corrected chi connectivity index (χ3v) is 6.90. The fraction of sp³-hybridized carbons (Fsp3) is 0.500. The highest BCUT2D eigenvalue weighted by molar-refractivity contribution is 5.94. The number of carbonyl (C=O) groups excluding carboxylic acids is 2. The number of hydrogen-bond acceptors (Lipinski definition) is 5. The number of aromatic amines is 1. The van der Waals surface area contributed by atoms with Gasteiger partial charge in [0.05, 0.1) is 29.9 Å². The number of quaternary nitrogens is 1. The average molecular weight is 459 g/mol. The molecule has 1 aromatic heterocycles. The summed E-state index contributed by atoms with van der Waals surface area (Å²) >= 11 is 0. The van der Waals surface area contributed by atoms with Crippen LogP contribution in [0.2, 0.25) is 0 Å². The fourth-order valence-corrected chi connectivity index (χ4v) is 4.43. The van der Waals surface area contributed by atoms with Crippen LogP contribution in [0.15, 0.2) is 23.0 Å². The Kier molecular flexibility index (Phi) is 6.74. The molecule has 1 N–H and O–H groups in total. The predicted molar refractivity (Wildman–Crippen MR) is 119 cm³/mol. The predicted octanol–water partition coefficient (Wildman–Crippen LogP) is 1.92. The van der Waals surface area contributed by atoms with Crippen LogP contribution in [0.3, 0.4) is 0 Å². The van der Waals surface area contributed by atoms with Gasteiger partial charge in [-0.25, -0.2) is 9.49 Å². The number of hydrogen-bond donors (Lipinski definition) is 1. The van der Waals surface area contributed by atoms with Crippen LogP contribution in [0.25, 0.3) is 0 Å². The molecule has 1 aromatic carbocycles. The first-order valence-electron chi connectivity index (χ1n) is 11.1. The summed E-state index contributed by atoms with van der Waals surface area (Å²) in [5.74, 6) is -1.10. The highest BCUT2D eigenvalue weighted by Gasteiger charge is 2.44. The molecule has 33 heavy (non-hydrogen) atoms. The SMILES string of the molecule is Cc1c(Cc2ccc(F)c(C(=O)N3CCC[N+](C(=O)[O-])(C(C)(C)C)CC3)c2)n[nH]c(=O)c1C. The van der Waals surface area contributed by atoms with E-state index in [1.165, 1.54) is 17.0 Å². The highest BCUT2D eigenvalue weighted by Crippen LogP contribution is 2.28. The van der Waals surface area contributed by atoms with Crippen molar-refractivity contribution in [3.63, 3.8) is 0 Å². The third kappa shape index (κ3) is 4.68. The van der Waals surface area contributed by atoms with Gasteiger partial charge in [0, 0.05) is 24.9 Å². The zero-order chi connectivity index (χ0) is 24.6. The minimum absolute atomic E-state index is 0.0597. The molecule has 0 spiro atoms. The summed E-state index contributed by atoms with van der Waals surface area (Å²) in [6, 6.07) is 4.35. The van der Waals surface area contributed by atoms with Crippen molar-refractivity contribution >= 4 is 12.0 Å². The van der Waals surface area contributed by atoms with Crippen LogP contribution >= 0.6 is 0 Å². The molecule has 1 fully saturated rings. The van der Waals surface area contributed by atoms with Gasteiger partial charge >= 0.3 is 0 Å². The summed E-state index contributed by atoms with van der Waals surface area (Å²) in [6.07, 6.45) is -0.361. The number of halogens is 1. The largest absolute Gasteiger partial charge is 0.498 e. The van der Waals surface area contributed by atoms with E-state index in [4.69, 9.17) is 0 Å². The third-order valence-electron chi connectivity index (χ3n) is 6.90. The number of carbonyl (C=O) groups is 2. The van der Waals surface area contributed by atoms with Crippen molar-refractivity contribution in [3.8, 4) is 0 Å². The van der Waals surface area contributed by atoms with E-state index in [0.29, 0.717) is 42.8 Å². The van der Waals surface area contributed by atoms with Crippen LogP contribution in [0, 0.1) is 19.7 Å². The summed E-state index contributed by atoms with van der Waals surface area (Å²) in [5.41, 5.74) is 1.74. The lowest BCUT2D eigenvalue weighted by atomic mass is 10.0. The highest BCUT2D eigenvalue weighted by atomic mass is 19.1. The van der Waals surface area contributed by atoms with Gasteiger partial charge in [0.2, 0.25) is 0 Å². The van der Waals surface area contributed by atoms with Crippen LogP contribution in [0.1, 0.15) is 59.9 Å². The number of benzene rings is 1. The van der Waals surface area contributed by atoms with Gasteiger partial charge in [0.1, 0.15) is 12.4 Å². The first-order valence-corrected chi connectivity index (χ1v) is 11.1. The van der Waals surface area contributed by atoms with Crippen molar-refractivity contribution < 1.29 is 23.6 Å². The van der Waals surface area contributed by atoms with E-state index in [1.807, 2.05) is 20.8 Å². The molecule has 178 valence electrons. The Labute approximate surface area is 192 Å². The van der Waals surface area contributed by atoms with Crippen molar-refractivity contribution in [2.24, 2.45) is 0 Å². The lowest BCUT2D eigenvalue weighted by molar-refractivity contribution is -0.917. The molecule has 1 aliphatic rings. The van der Waals surface area contributed by atoms with Gasteiger partial charge in [0.15, 0.2) is 0 Å². The van der Waals surface area contributed by atoms with E-state index in [9.17, 15) is 23.9 Å². The van der Waals surface area contributed by atoms with Gasteiger partial charge in [-0.05, 0) is 57.9 Å². The van der Waals surface area contributed by atoms with E-state index >= 15 is 0 Å². The van der Waals surface area contributed by atoms with Gasteiger partial charge in [-0.15, -0.1) is 0 Å². The fourth-order valence-electron chi connectivity index (χ4n) is 4.43. The van der Waals surface area contributed by atoms with Crippen LogP contribution in [-0.4, -0.2) is 63.3 Å². The molecule has 8 nitrogen and oxygen atoms in total. The summed E-state index contributed by atoms with van der Waals surface area (Å²) in [4.78, 5) is 38.5. The maximum atomic E-state index is 14.7. The molecule has 1 unspecified atom stereocenters. The van der Waals surface area contributed by atoms with E-state index < -0.39 is 23.4 Å². The van der Waals surface area contributed by atoms with Gasteiger partial charge in [-0.3, -0.25) is 14.1 Å². The number of rotatable bonds is 3. The first kappa shape index (κ1) is 24.6. The van der Waals surface area contributed by atoms with E-state index in [-0.39, 0.29) is 28.7 Å². The molecule has 2 aromatic rings. The minimum atomic E-state index is -1.16. The second kappa shape index (κ2) is 9.05. The number of amides is 2. The first-order chi connectivity index (χ1) is 15.4. The molecular formula is C24H31FN4O4. The number of nitrogens with zero attached hydrogens (tertiary/aromatic N) is 3. The summed E-state index contributed by atoms with van der Waals surface area (Å²) < 4.78 is 14.4. The Hall–Kier alpha value is -3.07. The second-order valence-corrected chi connectivity index (χ2v) is 9.74. The van der Waals surface area contributed by atoms with Gasteiger partial charge < -0.3 is 14.8 Å². The Balaban J connectivity index is 1.85. The maximum Gasteiger partial charge on any atom is 0.267 e. The van der Waals surface area contributed by atoms with Crippen LogP contribution in [-0.2, 0) is 6.42 Å². The summed E-state index contributed by atoms with van der Waals surface area (Å²) in [5, 5.41) is 18.6. The van der Waals surface area contributed by atoms with Crippen molar-refractivity contribution in [1.82, 2.24) is 15.1 Å². The number of carboxylic acid groups (broad SMARTS) is 1. The molecule has 1 saturated heterocycles. The Morgan fingerprint density at radius 2 is 1.88 bits per heavy atom.